The fraction of sp³-hybridized carbons (Fsp3) is 0.400. The van der Waals surface area contributed by atoms with Crippen molar-refractivity contribution in [1.29, 1.82) is 0 Å². The highest BCUT2D eigenvalue weighted by molar-refractivity contribution is 6.00. The molecule has 6 rings (SSSR count). The maximum Gasteiger partial charge on any atom is 0.259 e. The average Bonchev–Trinajstić information content (AvgIpc) is 3.35. The molecule has 1 atom stereocenters. The second kappa shape index (κ2) is 6.04. The maximum atomic E-state index is 14.1. The predicted molar refractivity (Wildman–Crippen MR) is 103 cm³/mol. The third-order valence-electron chi connectivity index (χ3n) is 5.87. The van der Waals surface area contributed by atoms with Crippen LogP contribution in [-0.4, -0.2) is 43.9 Å². The van der Waals surface area contributed by atoms with Crippen LogP contribution in [0.3, 0.4) is 0 Å². The van der Waals surface area contributed by atoms with E-state index in [2.05, 4.69) is 27.2 Å². The maximum absolute atomic E-state index is 14.1. The van der Waals surface area contributed by atoms with Gasteiger partial charge in [0.05, 0.1) is 31.2 Å². The van der Waals surface area contributed by atoms with Gasteiger partial charge in [0.25, 0.3) is 5.91 Å². The summed E-state index contributed by atoms with van der Waals surface area (Å²) >= 11 is 0. The number of halogens is 1. The highest BCUT2D eigenvalue weighted by atomic mass is 19.1. The first-order valence-corrected chi connectivity index (χ1v) is 9.99. The molecule has 1 fully saturated rings. The molecule has 3 aromatic rings. The number of hydrogen-bond acceptors (Lipinski definition) is 7. The number of aromatic nitrogens is 4. The van der Waals surface area contributed by atoms with Gasteiger partial charge in [-0.1, -0.05) is 6.92 Å². The molecule has 1 spiro atoms. The van der Waals surface area contributed by atoms with Crippen LogP contribution in [0.5, 0.6) is 11.6 Å². The topological polar surface area (TPSA) is 93.9 Å². The van der Waals surface area contributed by atoms with E-state index in [4.69, 9.17) is 14.5 Å². The van der Waals surface area contributed by atoms with E-state index in [0.29, 0.717) is 60.2 Å². The number of hydrogen-bond donors (Lipinski definition) is 1. The van der Waals surface area contributed by atoms with E-state index in [1.54, 1.807) is 10.7 Å². The summed E-state index contributed by atoms with van der Waals surface area (Å²) in [5.74, 6) is 0.696. The lowest BCUT2D eigenvalue weighted by Gasteiger charge is -2.37. The van der Waals surface area contributed by atoms with Crippen molar-refractivity contribution in [2.24, 2.45) is 0 Å². The lowest BCUT2D eigenvalue weighted by atomic mass is 10.1. The Bertz CT molecular complexity index is 1190. The largest absolute Gasteiger partial charge is 0.486 e. The van der Waals surface area contributed by atoms with E-state index in [9.17, 15) is 9.18 Å². The summed E-state index contributed by atoms with van der Waals surface area (Å²) in [4.78, 5) is 24.0. The molecule has 5 heterocycles. The quantitative estimate of drug-likeness (QED) is 0.656. The number of carbonyl (C=O) groups is 1. The van der Waals surface area contributed by atoms with Gasteiger partial charge >= 0.3 is 0 Å². The third-order valence-corrected chi connectivity index (χ3v) is 5.87. The van der Waals surface area contributed by atoms with Crippen molar-refractivity contribution in [2.45, 2.75) is 44.5 Å². The number of ether oxygens (including phenoxy) is 2. The Morgan fingerprint density at radius 3 is 3.03 bits per heavy atom. The summed E-state index contributed by atoms with van der Waals surface area (Å²) in [6.45, 7) is 2.88. The van der Waals surface area contributed by atoms with Crippen molar-refractivity contribution in [3.8, 4) is 11.6 Å². The summed E-state index contributed by atoms with van der Waals surface area (Å²) < 4.78 is 27.7. The van der Waals surface area contributed by atoms with Crippen LogP contribution >= 0.6 is 0 Å². The Labute approximate surface area is 170 Å². The summed E-state index contributed by atoms with van der Waals surface area (Å²) in [5, 5.41) is 7.21. The number of nitrogens with zero attached hydrogens (tertiary/aromatic N) is 5. The van der Waals surface area contributed by atoms with Gasteiger partial charge in [0, 0.05) is 18.4 Å². The summed E-state index contributed by atoms with van der Waals surface area (Å²) in [7, 11) is 0. The molecule has 3 aromatic heterocycles. The standard InChI is InChI=1S/C20H19FN6O3/c1-2-13-10-29-15-9-27-16-14(7-23-27)18(28)25-20(3-4-20)30-19-11(5-12(21)6-22-19)8-26(13)17(15)24-16/h5-7,9,13H,2-4,8,10H2,1H3,(H,25,28)/t13-/m1/s1. The summed E-state index contributed by atoms with van der Waals surface area (Å²) in [5.41, 5.74) is 0.546. The van der Waals surface area contributed by atoms with Gasteiger partial charge in [0.1, 0.15) is 18.0 Å². The molecule has 0 saturated heterocycles. The molecule has 10 heteroatoms. The zero-order valence-electron chi connectivity index (χ0n) is 16.3. The van der Waals surface area contributed by atoms with Crippen LogP contribution in [0.15, 0.2) is 24.7 Å². The highest BCUT2D eigenvalue weighted by Crippen LogP contribution is 2.41. The second-order valence-corrected chi connectivity index (χ2v) is 7.92. The first-order valence-electron chi connectivity index (χ1n) is 9.99. The minimum absolute atomic E-state index is 0.0293. The predicted octanol–water partition coefficient (Wildman–Crippen LogP) is 2.05. The number of fused-ring (bicyclic) bond motifs is 1. The molecule has 154 valence electrons. The molecular formula is C20H19FN6O3. The molecule has 2 bridgehead atoms. The van der Waals surface area contributed by atoms with Crippen molar-refractivity contribution in [1.82, 2.24) is 24.9 Å². The average molecular weight is 410 g/mol. The normalized spacial score (nSPS) is 21.3. The first-order chi connectivity index (χ1) is 14.5. The smallest absolute Gasteiger partial charge is 0.259 e. The molecule has 0 unspecified atom stereocenters. The van der Waals surface area contributed by atoms with Crippen LogP contribution in [0.2, 0.25) is 0 Å². The van der Waals surface area contributed by atoms with Crippen LogP contribution in [0.1, 0.15) is 42.1 Å². The van der Waals surface area contributed by atoms with Crippen molar-refractivity contribution in [3.63, 3.8) is 0 Å². The Hall–Kier alpha value is -3.43. The SMILES string of the molecule is CC[C@@H]1COc2cn3ncc4c3nc2N1Cc1cc(F)cnc1OC1(CC1)NC4=O. The van der Waals surface area contributed by atoms with Crippen LogP contribution in [-0.2, 0) is 6.54 Å². The molecule has 9 nitrogen and oxygen atoms in total. The number of rotatable bonds is 1. The fourth-order valence-electron chi connectivity index (χ4n) is 4.03. The van der Waals surface area contributed by atoms with Crippen molar-refractivity contribution in [3.05, 3.63) is 41.6 Å². The van der Waals surface area contributed by atoms with Crippen LogP contribution in [0.4, 0.5) is 10.2 Å². The fourth-order valence-corrected chi connectivity index (χ4v) is 4.03. The summed E-state index contributed by atoms with van der Waals surface area (Å²) in [6.07, 6.45) is 6.46. The Morgan fingerprint density at radius 1 is 1.37 bits per heavy atom. The minimum Gasteiger partial charge on any atom is -0.486 e. The lowest BCUT2D eigenvalue weighted by Crippen LogP contribution is -2.44. The van der Waals surface area contributed by atoms with E-state index < -0.39 is 11.5 Å². The van der Waals surface area contributed by atoms with E-state index >= 15 is 0 Å². The molecular weight excluding hydrogens is 391 g/mol. The minimum atomic E-state index is -0.845. The van der Waals surface area contributed by atoms with E-state index in [-0.39, 0.29) is 11.9 Å². The molecule has 1 saturated carbocycles. The molecule has 2 aliphatic heterocycles. The van der Waals surface area contributed by atoms with Crippen molar-refractivity contribution in [2.75, 3.05) is 11.5 Å². The molecule has 1 N–H and O–H groups in total. The molecule has 3 aliphatic rings. The number of nitrogens with one attached hydrogen (secondary N) is 1. The van der Waals surface area contributed by atoms with Gasteiger partial charge in [0.2, 0.25) is 5.88 Å². The zero-order chi connectivity index (χ0) is 20.5. The van der Waals surface area contributed by atoms with Crippen LogP contribution < -0.4 is 19.7 Å². The number of pyridine rings is 1. The van der Waals surface area contributed by atoms with Gasteiger partial charge in [-0.05, 0) is 12.5 Å². The highest BCUT2D eigenvalue weighted by Gasteiger charge is 2.48. The molecule has 1 amide bonds. The van der Waals surface area contributed by atoms with E-state index in [1.165, 1.54) is 12.3 Å². The van der Waals surface area contributed by atoms with Gasteiger partial charge in [-0.25, -0.2) is 18.9 Å². The lowest BCUT2D eigenvalue weighted by molar-refractivity contribution is 0.0769. The monoisotopic (exact) mass is 410 g/mol. The van der Waals surface area contributed by atoms with Gasteiger partial charge in [-0.3, -0.25) is 4.79 Å². The molecule has 1 aliphatic carbocycles. The summed E-state index contributed by atoms with van der Waals surface area (Å²) in [6, 6.07) is 1.46. The third kappa shape index (κ3) is 2.59. The van der Waals surface area contributed by atoms with Gasteiger partial charge in [-0.15, -0.1) is 0 Å². The van der Waals surface area contributed by atoms with Crippen molar-refractivity contribution < 1.29 is 18.7 Å². The first kappa shape index (κ1) is 17.4. The zero-order valence-corrected chi connectivity index (χ0v) is 16.3. The molecule has 30 heavy (non-hydrogen) atoms. The van der Waals surface area contributed by atoms with E-state index in [0.717, 1.165) is 12.6 Å². The van der Waals surface area contributed by atoms with E-state index in [1.807, 2.05) is 0 Å². The molecule has 0 radical (unpaired) electrons. The number of carbonyl (C=O) groups excluding carboxylic acids is 1. The number of anilines is 1. The van der Waals surface area contributed by atoms with Gasteiger partial charge in [0.15, 0.2) is 22.9 Å². The van der Waals surface area contributed by atoms with Gasteiger partial charge < -0.3 is 19.7 Å². The Morgan fingerprint density at radius 2 is 2.23 bits per heavy atom. The van der Waals surface area contributed by atoms with Crippen LogP contribution in [0.25, 0.3) is 5.65 Å². The number of amides is 1. The molecule has 0 aromatic carbocycles. The van der Waals surface area contributed by atoms with Crippen LogP contribution in [0, 0.1) is 5.82 Å². The second-order valence-electron chi connectivity index (χ2n) is 7.92. The van der Waals surface area contributed by atoms with Crippen molar-refractivity contribution >= 4 is 17.4 Å². The van der Waals surface area contributed by atoms with Gasteiger partial charge in [-0.2, -0.15) is 5.10 Å². The Balaban J connectivity index is 1.58. The Kier molecular flexibility index (Phi) is 3.51.